The van der Waals surface area contributed by atoms with E-state index in [1.54, 1.807) is 0 Å². The first-order chi connectivity index (χ1) is 7.86. The number of nitrogens with one attached hydrogen (secondary N) is 1. The lowest BCUT2D eigenvalue weighted by Crippen LogP contribution is -2.32. The van der Waals surface area contributed by atoms with Gasteiger partial charge in [-0.15, -0.1) is 24.8 Å². The Morgan fingerprint density at radius 2 is 2.06 bits per heavy atom. The minimum absolute atomic E-state index is 0. The molecule has 0 saturated carbocycles. The van der Waals surface area contributed by atoms with Crippen molar-refractivity contribution in [2.75, 3.05) is 0 Å². The molecule has 0 aromatic carbocycles. The van der Waals surface area contributed by atoms with Gasteiger partial charge < -0.3 is 9.73 Å². The van der Waals surface area contributed by atoms with E-state index >= 15 is 0 Å². The predicted octanol–water partition coefficient (Wildman–Crippen LogP) is 3.41. The molecule has 2 aromatic heterocycles. The zero-order valence-corrected chi connectivity index (χ0v) is 11.5. The van der Waals surface area contributed by atoms with E-state index in [0.717, 1.165) is 16.9 Å². The summed E-state index contributed by atoms with van der Waals surface area (Å²) in [5, 5.41) is 3.70. The average Bonchev–Trinajstić information content (AvgIpc) is 3.03. The van der Waals surface area contributed by atoms with E-state index < -0.39 is 0 Å². The predicted molar refractivity (Wildman–Crippen MR) is 75.6 cm³/mol. The van der Waals surface area contributed by atoms with Crippen LogP contribution in [0.5, 0.6) is 0 Å². The highest BCUT2D eigenvalue weighted by Gasteiger charge is 2.47. The summed E-state index contributed by atoms with van der Waals surface area (Å²) in [6.07, 6.45) is 6.79. The fourth-order valence-corrected chi connectivity index (χ4v) is 3.21. The highest BCUT2D eigenvalue weighted by molar-refractivity contribution is 5.85. The van der Waals surface area contributed by atoms with Gasteiger partial charge in [-0.05, 0) is 37.8 Å². The van der Waals surface area contributed by atoms with Crippen LogP contribution in [-0.2, 0) is 5.54 Å². The monoisotopic (exact) mass is 286 g/mol. The highest BCUT2D eigenvalue weighted by atomic mass is 35.5. The van der Waals surface area contributed by atoms with Crippen LogP contribution in [0.2, 0.25) is 0 Å². The Labute approximate surface area is 118 Å². The second-order valence-corrected chi connectivity index (χ2v) is 5.00. The van der Waals surface area contributed by atoms with Crippen LogP contribution in [0.25, 0.3) is 11.1 Å². The molecular formula is C13H16Cl2N2O. The molecule has 98 valence electrons. The molecule has 4 heterocycles. The quantitative estimate of drug-likeness (QED) is 0.873. The maximum Gasteiger partial charge on any atom is 0.152 e. The normalized spacial score (nSPS) is 29.0. The highest BCUT2D eigenvalue weighted by Crippen LogP contribution is 2.45. The van der Waals surface area contributed by atoms with Crippen molar-refractivity contribution in [3.05, 3.63) is 30.2 Å². The number of hydrogen-bond acceptors (Lipinski definition) is 3. The molecule has 18 heavy (non-hydrogen) atoms. The summed E-state index contributed by atoms with van der Waals surface area (Å²) in [6.45, 7) is 0. The maximum absolute atomic E-state index is 5.95. The molecule has 0 unspecified atom stereocenters. The van der Waals surface area contributed by atoms with E-state index in [1.807, 2.05) is 18.3 Å². The molecule has 0 radical (unpaired) electrons. The number of aromatic nitrogens is 1. The second kappa shape index (κ2) is 4.72. The molecule has 4 rings (SSSR count). The van der Waals surface area contributed by atoms with E-state index in [9.17, 15) is 0 Å². The number of pyridine rings is 1. The lowest BCUT2D eigenvalue weighted by Gasteiger charge is -2.22. The zero-order chi connectivity index (χ0) is 10.6. The zero-order valence-electron chi connectivity index (χ0n) is 9.89. The number of nitrogens with zero attached hydrogens (tertiary/aromatic N) is 1. The summed E-state index contributed by atoms with van der Waals surface area (Å²) in [5.41, 5.74) is 2.00. The molecule has 2 fully saturated rings. The SMILES string of the molecule is Cl.Cl.c1cnc2cc(C34CCC(CC3)N4)oc2c1. The molecule has 2 saturated heterocycles. The van der Waals surface area contributed by atoms with Crippen molar-refractivity contribution in [1.29, 1.82) is 0 Å². The molecule has 1 N–H and O–H groups in total. The van der Waals surface area contributed by atoms with Crippen molar-refractivity contribution in [3.63, 3.8) is 0 Å². The van der Waals surface area contributed by atoms with Crippen molar-refractivity contribution in [3.8, 4) is 0 Å². The van der Waals surface area contributed by atoms with Gasteiger partial charge in [0.1, 0.15) is 11.3 Å². The molecule has 2 aliphatic rings. The molecule has 0 aliphatic carbocycles. The maximum atomic E-state index is 5.95. The Kier molecular flexibility index (Phi) is 3.58. The van der Waals surface area contributed by atoms with Crippen LogP contribution in [0, 0.1) is 0 Å². The fraction of sp³-hybridized carbons (Fsp3) is 0.462. The molecule has 3 nitrogen and oxygen atoms in total. The van der Waals surface area contributed by atoms with E-state index in [1.165, 1.54) is 25.7 Å². The average molecular weight is 287 g/mol. The van der Waals surface area contributed by atoms with Gasteiger partial charge in [0.15, 0.2) is 5.58 Å². The summed E-state index contributed by atoms with van der Waals surface area (Å²) < 4.78 is 5.95. The first kappa shape index (κ1) is 13.7. The van der Waals surface area contributed by atoms with Crippen molar-refractivity contribution < 1.29 is 4.42 Å². The lowest BCUT2D eigenvalue weighted by molar-refractivity contribution is 0.324. The number of halogens is 2. The molecule has 5 heteroatoms. The minimum Gasteiger partial charge on any atom is -0.457 e. The van der Waals surface area contributed by atoms with Gasteiger partial charge in [0, 0.05) is 18.3 Å². The Bertz CT molecular complexity index is 514. The van der Waals surface area contributed by atoms with Crippen LogP contribution in [0.4, 0.5) is 0 Å². The van der Waals surface area contributed by atoms with Crippen LogP contribution >= 0.6 is 24.8 Å². The summed E-state index contributed by atoms with van der Waals surface area (Å²) >= 11 is 0. The Hall–Kier alpha value is -0.770. The Morgan fingerprint density at radius 3 is 2.67 bits per heavy atom. The number of rotatable bonds is 1. The Morgan fingerprint density at radius 1 is 1.28 bits per heavy atom. The molecule has 0 amide bonds. The van der Waals surface area contributed by atoms with Gasteiger partial charge >= 0.3 is 0 Å². The van der Waals surface area contributed by atoms with Crippen LogP contribution in [0.1, 0.15) is 31.4 Å². The van der Waals surface area contributed by atoms with Crippen LogP contribution < -0.4 is 5.32 Å². The largest absolute Gasteiger partial charge is 0.457 e. The smallest absolute Gasteiger partial charge is 0.152 e. The van der Waals surface area contributed by atoms with Crippen LogP contribution in [-0.4, -0.2) is 11.0 Å². The first-order valence-corrected chi connectivity index (χ1v) is 5.99. The van der Waals surface area contributed by atoms with E-state index in [-0.39, 0.29) is 30.4 Å². The molecule has 2 aliphatic heterocycles. The third kappa shape index (κ3) is 1.81. The van der Waals surface area contributed by atoms with Crippen LogP contribution in [0.15, 0.2) is 28.8 Å². The Balaban J connectivity index is 0.000000602. The molecular weight excluding hydrogens is 271 g/mol. The van der Waals surface area contributed by atoms with Crippen molar-refractivity contribution in [2.45, 2.75) is 37.3 Å². The third-order valence-corrected chi connectivity index (χ3v) is 4.08. The van der Waals surface area contributed by atoms with Gasteiger partial charge in [0.2, 0.25) is 0 Å². The van der Waals surface area contributed by atoms with Gasteiger partial charge in [0.05, 0.1) is 5.54 Å². The van der Waals surface area contributed by atoms with Gasteiger partial charge in [-0.25, -0.2) is 0 Å². The second-order valence-electron chi connectivity index (χ2n) is 5.00. The van der Waals surface area contributed by atoms with E-state index in [0.29, 0.717) is 6.04 Å². The van der Waals surface area contributed by atoms with Crippen LogP contribution in [0.3, 0.4) is 0 Å². The van der Waals surface area contributed by atoms with Gasteiger partial charge in [-0.2, -0.15) is 0 Å². The topological polar surface area (TPSA) is 38.1 Å². The van der Waals surface area contributed by atoms with Crippen molar-refractivity contribution >= 4 is 35.9 Å². The number of furan rings is 1. The summed E-state index contributed by atoms with van der Waals surface area (Å²) in [6, 6.07) is 6.73. The summed E-state index contributed by atoms with van der Waals surface area (Å²) in [5.74, 6) is 1.08. The number of hydrogen-bond donors (Lipinski definition) is 1. The first-order valence-electron chi connectivity index (χ1n) is 5.99. The summed E-state index contributed by atoms with van der Waals surface area (Å²) in [7, 11) is 0. The van der Waals surface area contributed by atoms with Crippen molar-refractivity contribution in [1.82, 2.24) is 10.3 Å². The molecule has 0 atom stereocenters. The van der Waals surface area contributed by atoms with Gasteiger partial charge in [-0.3, -0.25) is 4.98 Å². The summed E-state index contributed by atoms with van der Waals surface area (Å²) in [4.78, 5) is 4.33. The molecule has 0 spiro atoms. The van der Waals surface area contributed by atoms with Crippen molar-refractivity contribution in [2.24, 2.45) is 0 Å². The van der Waals surface area contributed by atoms with E-state index in [4.69, 9.17) is 4.42 Å². The standard InChI is InChI=1S/C13H14N2O.2ClH/c1-2-11-10(14-7-1)8-12(16-11)13-5-3-9(15-13)4-6-13;;/h1-2,7-9,15H,3-6H2;2*1H. The molecule has 2 bridgehead atoms. The fourth-order valence-electron chi connectivity index (χ4n) is 3.21. The third-order valence-electron chi connectivity index (χ3n) is 4.08. The number of fused-ring (bicyclic) bond motifs is 3. The minimum atomic E-state index is 0. The molecule has 2 aromatic rings. The lowest BCUT2D eigenvalue weighted by atomic mass is 9.86. The van der Waals surface area contributed by atoms with Gasteiger partial charge in [-0.1, -0.05) is 0 Å². The van der Waals surface area contributed by atoms with E-state index in [2.05, 4.69) is 16.4 Å². The van der Waals surface area contributed by atoms with Gasteiger partial charge in [0.25, 0.3) is 0 Å².